The summed E-state index contributed by atoms with van der Waals surface area (Å²) in [6.45, 7) is 1.83. The van der Waals surface area contributed by atoms with Crippen molar-refractivity contribution in [2.75, 3.05) is 25.5 Å². The molecule has 4 nitrogen and oxygen atoms in total. The summed E-state index contributed by atoms with van der Waals surface area (Å²) in [5, 5.41) is 6.19. The number of hydrogen-bond donors (Lipinski definition) is 2. The zero-order valence-electron chi connectivity index (χ0n) is 6.54. The summed E-state index contributed by atoms with van der Waals surface area (Å²) in [4.78, 5) is 7.74. The molecule has 1 aromatic heterocycles. The second-order valence-corrected chi connectivity index (χ2v) is 2.16. The normalized spacial score (nSPS) is 9.55. The molecule has 2 N–H and O–H groups in total. The van der Waals surface area contributed by atoms with Gasteiger partial charge in [-0.15, -0.1) is 0 Å². The molecule has 0 saturated carbocycles. The van der Waals surface area contributed by atoms with Crippen LogP contribution in [-0.4, -0.2) is 30.1 Å². The first-order valence-electron chi connectivity index (χ1n) is 3.57. The molecule has 0 saturated heterocycles. The molecule has 0 atom stereocenters. The highest BCUT2D eigenvalue weighted by Crippen LogP contribution is 1.97. The number of aromatic nitrogens is 2. The largest absolute Gasteiger partial charge is 0.381 e. The molecule has 0 radical (unpaired) electrons. The van der Waals surface area contributed by atoms with Crippen LogP contribution in [0.15, 0.2) is 18.7 Å². The third-order valence-corrected chi connectivity index (χ3v) is 1.26. The summed E-state index contributed by atoms with van der Waals surface area (Å²) < 4.78 is 0. The van der Waals surface area contributed by atoms with Crippen molar-refractivity contribution in [3.8, 4) is 0 Å². The van der Waals surface area contributed by atoms with E-state index in [0.29, 0.717) is 0 Å². The van der Waals surface area contributed by atoms with Gasteiger partial charge < -0.3 is 10.6 Å². The molecule has 1 aromatic rings. The van der Waals surface area contributed by atoms with Gasteiger partial charge >= 0.3 is 0 Å². The summed E-state index contributed by atoms with van der Waals surface area (Å²) in [7, 11) is 1.92. The van der Waals surface area contributed by atoms with Crippen LogP contribution in [0, 0.1) is 0 Å². The highest BCUT2D eigenvalue weighted by molar-refractivity contribution is 5.36. The van der Waals surface area contributed by atoms with Crippen LogP contribution in [0.2, 0.25) is 0 Å². The van der Waals surface area contributed by atoms with Crippen molar-refractivity contribution < 1.29 is 0 Å². The second kappa shape index (κ2) is 4.62. The molecule has 0 bridgehead atoms. The quantitative estimate of drug-likeness (QED) is 0.601. The first-order valence-corrected chi connectivity index (χ1v) is 3.57. The van der Waals surface area contributed by atoms with Gasteiger partial charge in [-0.2, -0.15) is 0 Å². The van der Waals surface area contributed by atoms with E-state index in [1.165, 1.54) is 6.33 Å². The number of likely N-dealkylation sites (N-methyl/N-ethyl adjacent to an activating group) is 1. The fourth-order valence-electron chi connectivity index (χ4n) is 0.722. The lowest BCUT2D eigenvalue weighted by Crippen LogP contribution is -2.17. The Labute approximate surface area is 66.1 Å². The molecule has 4 heteroatoms. The minimum Gasteiger partial charge on any atom is -0.381 e. The fraction of sp³-hybridized carbons (Fsp3) is 0.429. The van der Waals surface area contributed by atoms with Crippen LogP contribution < -0.4 is 10.6 Å². The second-order valence-electron chi connectivity index (χ2n) is 2.16. The highest BCUT2D eigenvalue weighted by Gasteiger charge is 1.87. The summed E-state index contributed by atoms with van der Waals surface area (Å²) in [6.07, 6.45) is 5.02. The molecule has 0 spiro atoms. The van der Waals surface area contributed by atoms with E-state index in [9.17, 15) is 0 Å². The lowest BCUT2D eigenvalue weighted by atomic mass is 10.5. The van der Waals surface area contributed by atoms with Crippen LogP contribution in [0.4, 0.5) is 5.69 Å². The van der Waals surface area contributed by atoms with Crippen LogP contribution in [0.25, 0.3) is 0 Å². The van der Waals surface area contributed by atoms with E-state index in [1.807, 2.05) is 7.05 Å². The maximum atomic E-state index is 3.87. The Morgan fingerprint density at radius 2 is 2.00 bits per heavy atom. The van der Waals surface area contributed by atoms with Crippen LogP contribution in [0.3, 0.4) is 0 Å². The van der Waals surface area contributed by atoms with Crippen molar-refractivity contribution in [2.45, 2.75) is 0 Å². The molecular weight excluding hydrogens is 140 g/mol. The maximum absolute atomic E-state index is 3.87. The zero-order chi connectivity index (χ0) is 7.94. The Kier molecular flexibility index (Phi) is 3.34. The average Bonchev–Trinajstić information content (AvgIpc) is 2.07. The molecule has 0 aliphatic heterocycles. The summed E-state index contributed by atoms with van der Waals surface area (Å²) in [5.41, 5.74) is 0.961. The molecule has 11 heavy (non-hydrogen) atoms. The molecular formula is C7H12N4. The number of anilines is 1. The van der Waals surface area contributed by atoms with Gasteiger partial charge in [0.2, 0.25) is 0 Å². The van der Waals surface area contributed by atoms with Gasteiger partial charge in [-0.3, -0.25) is 0 Å². The molecule has 0 unspecified atom stereocenters. The summed E-state index contributed by atoms with van der Waals surface area (Å²) in [5.74, 6) is 0. The predicted molar refractivity (Wildman–Crippen MR) is 44.4 cm³/mol. The monoisotopic (exact) mass is 152 g/mol. The average molecular weight is 152 g/mol. The van der Waals surface area contributed by atoms with E-state index in [4.69, 9.17) is 0 Å². The Morgan fingerprint density at radius 1 is 1.27 bits per heavy atom. The lowest BCUT2D eigenvalue weighted by molar-refractivity contribution is 0.823. The molecule has 0 aliphatic carbocycles. The van der Waals surface area contributed by atoms with Gasteiger partial charge in [0, 0.05) is 13.1 Å². The highest BCUT2D eigenvalue weighted by atomic mass is 15.0. The van der Waals surface area contributed by atoms with Gasteiger partial charge in [0.05, 0.1) is 18.1 Å². The molecule has 0 aliphatic rings. The van der Waals surface area contributed by atoms with Gasteiger partial charge in [0.15, 0.2) is 0 Å². The summed E-state index contributed by atoms with van der Waals surface area (Å²) in [6, 6.07) is 0. The van der Waals surface area contributed by atoms with E-state index in [0.717, 1.165) is 18.8 Å². The third-order valence-electron chi connectivity index (χ3n) is 1.26. The minimum absolute atomic E-state index is 0.893. The van der Waals surface area contributed by atoms with E-state index in [-0.39, 0.29) is 0 Å². The minimum atomic E-state index is 0.893. The standard InChI is InChI=1S/C7H12N4/c1-8-2-3-11-7-4-9-6-10-5-7/h4-6,8,11H,2-3H2,1H3. The van der Waals surface area contributed by atoms with Gasteiger partial charge in [0.25, 0.3) is 0 Å². The Hall–Kier alpha value is -1.16. The van der Waals surface area contributed by atoms with E-state index in [2.05, 4.69) is 20.6 Å². The first-order chi connectivity index (χ1) is 5.43. The maximum Gasteiger partial charge on any atom is 0.115 e. The van der Waals surface area contributed by atoms with Crippen LogP contribution in [0.5, 0.6) is 0 Å². The van der Waals surface area contributed by atoms with Crippen LogP contribution >= 0.6 is 0 Å². The van der Waals surface area contributed by atoms with Crippen molar-refractivity contribution in [3.63, 3.8) is 0 Å². The van der Waals surface area contributed by atoms with E-state index < -0.39 is 0 Å². The Balaban J connectivity index is 2.28. The SMILES string of the molecule is CNCCNc1cncnc1. The van der Waals surface area contributed by atoms with Crippen LogP contribution in [-0.2, 0) is 0 Å². The van der Waals surface area contributed by atoms with Crippen molar-refractivity contribution >= 4 is 5.69 Å². The van der Waals surface area contributed by atoms with Crippen molar-refractivity contribution in [1.82, 2.24) is 15.3 Å². The smallest absolute Gasteiger partial charge is 0.115 e. The summed E-state index contributed by atoms with van der Waals surface area (Å²) >= 11 is 0. The first kappa shape index (κ1) is 7.94. The van der Waals surface area contributed by atoms with Crippen molar-refractivity contribution in [2.24, 2.45) is 0 Å². The number of nitrogens with one attached hydrogen (secondary N) is 2. The number of nitrogens with zero attached hydrogens (tertiary/aromatic N) is 2. The van der Waals surface area contributed by atoms with Crippen LogP contribution in [0.1, 0.15) is 0 Å². The predicted octanol–water partition coefficient (Wildman–Crippen LogP) is 0.108. The lowest BCUT2D eigenvalue weighted by Gasteiger charge is -2.02. The Bertz CT molecular complexity index is 187. The molecule has 0 fully saturated rings. The topological polar surface area (TPSA) is 49.8 Å². The van der Waals surface area contributed by atoms with E-state index >= 15 is 0 Å². The zero-order valence-corrected chi connectivity index (χ0v) is 6.54. The molecule has 60 valence electrons. The molecule has 1 heterocycles. The molecule has 0 amide bonds. The van der Waals surface area contributed by atoms with Gasteiger partial charge in [-0.05, 0) is 7.05 Å². The number of hydrogen-bond acceptors (Lipinski definition) is 4. The Morgan fingerprint density at radius 3 is 2.64 bits per heavy atom. The molecule has 0 aromatic carbocycles. The molecule has 1 rings (SSSR count). The van der Waals surface area contributed by atoms with Crippen molar-refractivity contribution in [3.05, 3.63) is 18.7 Å². The van der Waals surface area contributed by atoms with Crippen molar-refractivity contribution in [1.29, 1.82) is 0 Å². The van der Waals surface area contributed by atoms with Gasteiger partial charge in [0.1, 0.15) is 6.33 Å². The van der Waals surface area contributed by atoms with Gasteiger partial charge in [-0.25, -0.2) is 9.97 Å². The fourth-order valence-corrected chi connectivity index (χ4v) is 0.722. The van der Waals surface area contributed by atoms with Gasteiger partial charge in [-0.1, -0.05) is 0 Å². The van der Waals surface area contributed by atoms with E-state index in [1.54, 1.807) is 12.4 Å². The third kappa shape index (κ3) is 2.95. The number of rotatable bonds is 4.